The summed E-state index contributed by atoms with van der Waals surface area (Å²) in [5.74, 6) is -0.650. The summed E-state index contributed by atoms with van der Waals surface area (Å²) in [5.41, 5.74) is 1.61. The van der Waals surface area contributed by atoms with Crippen molar-refractivity contribution in [1.82, 2.24) is 9.78 Å². The zero-order chi connectivity index (χ0) is 18.3. The summed E-state index contributed by atoms with van der Waals surface area (Å²) in [6.45, 7) is 1.67. The highest BCUT2D eigenvalue weighted by Gasteiger charge is 2.26. The molecule has 130 valence electrons. The van der Waals surface area contributed by atoms with Crippen LogP contribution < -0.4 is 0 Å². The van der Waals surface area contributed by atoms with Crippen molar-refractivity contribution in [2.75, 3.05) is 0 Å². The Kier molecular flexibility index (Phi) is 3.81. The van der Waals surface area contributed by atoms with E-state index in [1.807, 2.05) is 18.2 Å². The van der Waals surface area contributed by atoms with E-state index in [1.165, 1.54) is 24.3 Å². The third-order valence-electron chi connectivity index (χ3n) is 4.61. The van der Waals surface area contributed by atoms with E-state index in [4.69, 9.17) is 0 Å². The lowest BCUT2D eigenvalue weighted by atomic mass is 9.88. The Labute approximate surface area is 149 Å². The van der Waals surface area contributed by atoms with E-state index >= 15 is 0 Å². The molecular formula is C21H16F2N2O. The Morgan fingerprint density at radius 1 is 0.846 bits per heavy atom. The lowest BCUT2D eigenvalue weighted by molar-refractivity contribution is 0.102. The van der Waals surface area contributed by atoms with Gasteiger partial charge >= 0.3 is 0 Å². The second kappa shape index (κ2) is 6.04. The molecule has 3 aromatic carbocycles. The lowest BCUT2D eigenvalue weighted by Gasteiger charge is -2.24. The maximum absolute atomic E-state index is 13.2. The topological polar surface area (TPSA) is 38.1 Å². The second-order valence-electron chi connectivity index (χ2n) is 6.39. The first-order valence-corrected chi connectivity index (χ1v) is 8.18. The van der Waals surface area contributed by atoms with Crippen LogP contribution in [0.3, 0.4) is 0 Å². The van der Waals surface area contributed by atoms with Crippen LogP contribution in [0.25, 0.3) is 16.6 Å². The largest absolute Gasteiger partial charge is 0.381 e. The van der Waals surface area contributed by atoms with Crippen LogP contribution in [0.1, 0.15) is 18.1 Å². The number of fused-ring (bicyclic) bond motifs is 1. The van der Waals surface area contributed by atoms with Gasteiger partial charge in [0.15, 0.2) is 0 Å². The van der Waals surface area contributed by atoms with E-state index in [0.29, 0.717) is 11.1 Å². The molecule has 0 radical (unpaired) electrons. The number of rotatable bonds is 3. The SMILES string of the molecule is CC(O)(c1ccc(F)cc1)c1ccc2c(cnn2-c2ccc(F)cc2)c1. The molecule has 0 saturated carbocycles. The molecule has 0 saturated heterocycles. The summed E-state index contributed by atoms with van der Waals surface area (Å²) in [6, 6.07) is 17.4. The van der Waals surface area contributed by atoms with Crippen molar-refractivity contribution in [3.8, 4) is 5.69 Å². The summed E-state index contributed by atoms with van der Waals surface area (Å²) in [5, 5.41) is 16.2. The van der Waals surface area contributed by atoms with Gasteiger partial charge in [-0.1, -0.05) is 18.2 Å². The van der Waals surface area contributed by atoms with E-state index in [0.717, 1.165) is 16.6 Å². The quantitative estimate of drug-likeness (QED) is 0.588. The molecule has 1 N–H and O–H groups in total. The molecule has 0 spiro atoms. The van der Waals surface area contributed by atoms with E-state index in [2.05, 4.69) is 5.10 Å². The fraction of sp³-hybridized carbons (Fsp3) is 0.0952. The molecule has 26 heavy (non-hydrogen) atoms. The number of aromatic nitrogens is 2. The molecule has 0 aliphatic heterocycles. The first kappa shape index (κ1) is 16.4. The molecule has 0 bridgehead atoms. The second-order valence-corrected chi connectivity index (χ2v) is 6.39. The van der Waals surface area contributed by atoms with Gasteiger partial charge in [-0.2, -0.15) is 5.10 Å². The van der Waals surface area contributed by atoms with Gasteiger partial charge in [0, 0.05) is 5.39 Å². The average Bonchev–Trinajstić information content (AvgIpc) is 3.06. The summed E-state index contributed by atoms with van der Waals surface area (Å²) < 4.78 is 28.0. The van der Waals surface area contributed by atoms with E-state index < -0.39 is 5.60 Å². The van der Waals surface area contributed by atoms with Crippen molar-refractivity contribution in [1.29, 1.82) is 0 Å². The average molecular weight is 350 g/mol. The minimum atomic E-state index is -1.26. The number of benzene rings is 3. The normalized spacial score (nSPS) is 13.7. The first-order chi connectivity index (χ1) is 12.4. The Morgan fingerprint density at radius 3 is 2.08 bits per heavy atom. The number of aliphatic hydroxyl groups is 1. The molecule has 5 heteroatoms. The molecule has 4 rings (SSSR count). The minimum Gasteiger partial charge on any atom is -0.381 e. The Balaban J connectivity index is 1.77. The van der Waals surface area contributed by atoms with Gasteiger partial charge in [-0.15, -0.1) is 0 Å². The van der Waals surface area contributed by atoms with Crippen molar-refractivity contribution in [3.63, 3.8) is 0 Å². The highest BCUT2D eigenvalue weighted by molar-refractivity contribution is 5.81. The predicted octanol–water partition coefficient (Wildman–Crippen LogP) is 4.56. The fourth-order valence-electron chi connectivity index (χ4n) is 3.06. The minimum absolute atomic E-state index is 0.303. The van der Waals surface area contributed by atoms with Gasteiger partial charge in [0.25, 0.3) is 0 Å². The van der Waals surface area contributed by atoms with Crippen LogP contribution in [-0.4, -0.2) is 14.9 Å². The van der Waals surface area contributed by atoms with Gasteiger partial charge in [0.2, 0.25) is 0 Å². The molecule has 0 fully saturated rings. The van der Waals surface area contributed by atoms with Gasteiger partial charge < -0.3 is 5.11 Å². The first-order valence-electron chi connectivity index (χ1n) is 8.18. The maximum atomic E-state index is 13.2. The number of halogens is 2. The van der Waals surface area contributed by atoms with Gasteiger partial charge in [0.05, 0.1) is 17.4 Å². The molecule has 3 nitrogen and oxygen atoms in total. The zero-order valence-electron chi connectivity index (χ0n) is 14.0. The molecule has 1 unspecified atom stereocenters. The van der Waals surface area contributed by atoms with Crippen LogP contribution in [0.4, 0.5) is 8.78 Å². The molecule has 0 amide bonds. The van der Waals surface area contributed by atoms with Crippen molar-refractivity contribution >= 4 is 10.9 Å². The van der Waals surface area contributed by atoms with Crippen molar-refractivity contribution in [3.05, 3.63) is 95.7 Å². The van der Waals surface area contributed by atoms with Crippen LogP contribution >= 0.6 is 0 Å². The van der Waals surface area contributed by atoms with E-state index in [-0.39, 0.29) is 11.6 Å². The van der Waals surface area contributed by atoms with Crippen molar-refractivity contribution < 1.29 is 13.9 Å². The molecule has 0 aliphatic rings. The fourth-order valence-corrected chi connectivity index (χ4v) is 3.06. The summed E-state index contributed by atoms with van der Waals surface area (Å²) in [4.78, 5) is 0. The number of hydrogen-bond donors (Lipinski definition) is 1. The Bertz CT molecular complexity index is 1070. The van der Waals surface area contributed by atoms with Gasteiger partial charge in [-0.25, -0.2) is 13.5 Å². The Morgan fingerprint density at radius 2 is 1.42 bits per heavy atom. The third kappa shape index (κ3) is 2.76. The molecule has 1 aromatic heterocycles. The van der Waals surface area contributed by atoms with Crippen LogP contribution in [0.5, 0.6) is 0 Å². The van der Waals surface area contributed by atoms with Crippen molar-refractivity contribution in [2.24, 2.45) is 0 Å². The van der Waals surface area contributed by atoms with Gasteiger partial charge in [-0.05, 0) is 66.6 Å². The summed E-state index contributed by atoms with van der Waals surface area (Å²) >= 11 is 0. The summed E-state index contributed by atoms with van der Waals surface area (Å²) in [7, 11) is 0. The molecular weight excluding hydrogens is 334 g/mol. The van der Waals surface area contributed by atoms with E-state index in [1.54, 1.807) is 42.1 Å². The zero-order valence-corrected chi connectivity index (χ0v) is 14.0. The van der Waals surface area contributed by atoms with Crippen molar-refractivity contribution in [2.45, 2.75) is 12.5 Å². The smallest absolute Gasteiger partial charge is 0.123 e. The van der Waals surface area contributed by atoms with Crippen LogP contribution in [0, 0.1) is 11.6 Å². The number of hydrogen-bond acceptors (Lipinski definition) is 2. The summed E-state index contributed by atoms with van der Waals surface area (Å²) in [6.07, 6.45) is 1.70. The van der Waals surface area contributed by atoms with Gasteiger partial charge in [0.1, 0.15) is 17.2 Å². The standard InChI is InChI=1S/C21H16F2N2O/c1-21(26,15-2-5-17(22)6-3-15)16-4-11-20-14(12-16)13-24-25(20)19-9-7-18(23)8-10-19/h2-13,26H,1H3. The maximum Gasteiger partial charge on any atom is 0.123 e. The highest BCUT2D eigenvalue weighted by atomic mass is 19.1. The lowest BCUT2D eigenvalue weighted by Crippen LogP contribution is -2.22. The third-order valence-corrected chi connectivity index (χ3v) is 4.61. The van der Waals surface area contributed by atoms with Crippen LogP contribution in [0.2, 0.25) is 0 Å². The van der Waals surface area contributed by atoms with Crippen LogP contribution in [-0.2, 0) is 5.60 Å². The molecule has 1 heterocycles. The molecule has 0 aliphatic carbocycles. The monoisotopic (exact) mass is 350 g/mol. The van der Waals surface area contributed by atoms with Crippen LogP contribution in [0.15, 0.2) is 72.9 Å². The number of nitrogens with zero attached hydrogens (tertiary/aromatic N) is 2. The van der Waals surface area contributed by atoms with E-state index in [9.17, 15) is 13.9 Å². The van der Waals surface area contributed by atoms with Gasteiger partial charge in [-0.3, -0.25) is 0 Å². The predicted molar refractivity (Wildman–Crippen MR) is 96.1 cm³/mol. The Hall–Kier alpha value is -3.05. The molecule has 1 atom stereocenters. The molecule has 4 aromatic rings. The highest BCUT2D eigenvalue weighted by Crippen LogP contribution is 2.31.